The Balaban J connectivity index is 1.91. The fourth-order valence-corrected chi connectivity index (χ4v) is 2.74. The summed E-state index contributed by atoms with van der Waals surface area (Å²) in [5.41, 5.74) is 0. The van der Waals surface area contributed by atoms with E-state index in [1.54, 1.807) is 0 Å². The minimum absolute atomic E-state index is 0.000366. The Morgan fingerprint density at radius 2 is 1.62 bits per heavy atom. The van der Waals surface area contributed by atoms with E-state index in [0.29, 0.717) is 25.2 Å². The van der Waals surface area contributed by atoms with Gasteiger partial charge < -0.3 is 15.2 Å². The van der Waals surface area contributed by atoms with Crippen LogP contribution in [0.2, 0.25) is 0 Å². The van der Waals surface area contributed by atoms with Crippen molar-refractivity contribution in [2.24, 2.45) is 0 Å². The topological polar surface area (TPSA) is 61.9 Å². The summed E-state index contributed by atoms with van der Waals surface area (Å²) in [6, 6.07) is 0. The number of hydrogen-bond donors (Lipinski definition) is 2. The highest BCUT2D eigenvalue weighted by Gasteiger charge is 2.35. The van der Waals surface area contributed by atoms with Crippen molar-refractivity contribution < 1.29 is 14.6 Å². The maximum Gasteiger partial charge on any atom is 0.220 e. The summed E-state index contributed by atoms with van der Waals surface area (Å²) in [5.74, 6) is 0.0159. The van der Waals surface area contributed by atoms with Gasteiger partial charge >= 0.3 is 0 Å². The molecule has 4 heteroatoms. The summed E-state index contributed by atoms with van der Waals surface area (Å²) in [6.07, 6.45) is 24.5. The van der Waals surface area contributed by atoms with Crippen molar-refractivity contribution in [2.45, 2.75) is 83.3 Å². The number of allylic oxidation sites excluding steroid dienone is 4. The van der Waals surface area contributed by atoms with Crippen LogP contribution in [0.5, 0.6) is 0 Å². The summed E-state index contributed by atoms with van der Waals surface area (Å²) in [6.45, 7) is 2.58. The number of unbranched alkanes of at least 4 members (excludes halogenated alkanes) is 4. The average Bonchev–Trinajstić information content (AvgIpc) is 3.39. The minimum atomic E-state index is 0.000366. The lowest BCUT2D eigenvalue weighted by Crippen LogP contribution is -2.25. The fourth-order valence-electron chi connectivity index (χ4n) is 2.74. The fraction of sp³-hybridized carbons (Fsp3) is 0.682. The molecule has 148 valence electrons. The predicted molar refractivity (Wildman–Crippen MR) is 108 cm³/mol. The molecule has 1 fully saturated rings. The van der Waals surface area contributed by atoms with E-state index in [2.05, 4.69) is 48.7 Å². The number of rotatable bonds is 16. The first-order valence-corrected chi connectivity index (χ1v) is 10.3. The Labute approximate surface area is 159 Å². The standard InChI is InChI=1S/C22H37NO3/c1-2-3-4-5-9-12-15-20-21(26-20)16-13-10-7-6-8-11-14-17-22(25)23-18-19-24/h6,8-10,12-13,20-21,24H,2-5,7,11,14-19H2,1H3,(H,23,25)/b8-6-,12-9-,13-10-/t20-,21+/m1/s1. The van der Waals surface area contributed by atoms with Crippen molar-refractivity contribution in [1.82, 2.24) is 5.32 Å². The maximum absolute atomic E-state index is 11.3. The first kappa shape index (κ1) is 22.7. The van der Waals surface area contributed by atoms with Crippen LogP contribution in [0.3, 0.4) is 0 Å². The Kier molecular flexibility index (Phi) is 13.8. The van der Waals surface area contributed by atoms with Crippen molar-refractivity contribution in [3.63, 3.8) is 0 Å². The van der Waals surface area contributed by atoms with Gasteiger partial charge in [0.25, 0.3) is 0 Å². The van der Waals surface area contributed by atoms with E-state index in [-0.39, 0.29) is 12.5 Å². The van der Waals surface area contributed by atoms with Gasteiger partial charge in [0.15, 0.2) is 0 Å². The molecule has 1 saturated heterocycles. The molecule has 1 aliphatic heterocycles. The molecule has 0 saturated carbocycles. The quantitative estimate of drug-likeness (QED) is 0.242. The molecule has 2 atom stereocenters. The lowest BCUT2D eigenvalue weighted by molar-refractivity contribution is -0.121. The van der Waals surface area contributed by atoms with Gasteiger partial charge in [0, 0.05) is 13.0 Å². The van der Waals surface area contributed by atoms with Gasteiger partial charge in [0.05, 0.1) is 18.8 Å². The normalized spacial score (nSPS) is 19.8. The van der Waals surface area contributed by atoms with Crippen LogP contribution in [0.25, 0.3) is 0 Å². The predicted octanol–water partition coefficient (Wildman–Crippen LogP) is 4.45. The molecule has 1 heterocycles. The molecule has 0 aromatic carbocycles. The Hall–Kier alpha value is -1.39. The molecule has 0 unspecified atom stereocenters. The largest absolute Gasteiger partial charge is 0.395 e. The zero-order chi connectivity index (χ0) is 18.9. The van der Waals surface area contributed by atoms with Gasteiger partial charge in [0.2, 0.25) is 5.91 Å². The highest BCUT2D eigenvalue weighted by atomic mass is 16.6. The number of aliphatic hydroxyl groups excluding tert-OH is 1. The van der Waals surface area contributed by atoms with Crippen molar-refractivity contribution in [2.75, 3.05) is 13.2 Å². The first-order chi connectivity index (χ1) is 12.8. The van der Waals surface area contributed by atoms with E-state index >= 15 is 0 Å². The van der Waals surface area contributed by atoms with Crippen molar-refractivity contribution in [3.8, 4) is 0 Å². The molecule has 1 amide bonds. The SMILES string of the molecule is CCCCC/C=C\C[C@H]1O[C@H]1C/C=C\C/C=C\CCCC(=O)NCCO. The maximum atomic E-state index is 11.3. The van der Waals surface area contributed by atoms with Gasteiger partial charge in [0.1, 0.15) is 0 Å². The molecule has 0 aliphatic carbocycles. The zero-order valence-corrected chi connectivity index (χ0v) is 16.4. The minimum Gasteiger partial charge on any atom is -0.395 e. The third kappa shape index (κ3) is 12.9. The molecule has 26 heavy (non-hydrogen) atoms. The number of aliphatic hydroxyl groups is 1. The van der Waals surface area contributed by atoms with E-state index in [9.17, 15) is 4.79 Å². The van der Waals surface area contributed by atoms with Crippen LogP contribution in [-0.4, -0.2) is 36.4 Å². The lowest BCUT2D eigenvalue weighted by Gasteiger charge is -2.00. The number of ether oxygens (including phenoxy) is 1. The summed E-state index contributed by atoms with van der Waals surface area (Å²) in [7, 11) is 0. The molecule has 0 aromatic heterocycles. The second kappa shape index (κ2) is 15.8. The van der Waals surface area contributed by atoms with Crippen molar-refractivity contribution >= 4 is 5.91 Å². The van der Waals surface area contributed by atoms with Gasteiger partial charge in [-0.3, -0.25) is 4.79 Å². The van der Waals surface area contributed by atoms with E-state index in [1.165, 1.54) is 25.7 Å². The van der Waals surface area contributed by atoms with Crippen LogP contribution < -0.4 is 5.32 Å². The van der Waals surface area contributed by atoms with Gasteiger partial charge in [-0.25, -0.2) is 0 Å². The number of carbonyl (C=O) groups excluding carboxylic acids is 1. The van der Waals surface area contributed by atoms with Gasteiger partial charge in [-0.15, -0.1) is 0 Å². The number of nitrogens with one attached hydrogen (secondary N) is 1. The molecule has 4 nitrogen and oxygen atoms in total. The number of amides is 1. The third-order valence-electron chi connectivity index (χ3n) is 4.38. The van der Waals surface area contributed by atoms with E-state index in [1.807, 2.05) is 0 Å². The van der Waals surface area contributed by atoms with Gasteiger partial charge in [-0.1, -0.05) is 56.2 Å². The first-order valence-electron chi connectivity index (χ1n) is 10.3. The highest BCUT2D eigenvalue weighted by molar-refractivity contribution is 5.75. The Morgan fingerprint density at radius 3 is 2.35 bits per heavy atom. The Morgan fingerprint density at radius 1 is 0.962 bits per heavy atom. The molecular weight excluding hydrogens is 326 g/mol. The summed E-state index contributed by atoms with van der Waals surface area (Å²) in [5, 5.41) is 11.3. The van der Waals surface area contributed by atoms with Crippen molar-refractivity contribution in [3.05, 3.63) is 36.5 Å². The highest BCUT2D eigenvalue weighted by Crippen LogP contribution is 2.29. The van der Waals surface area contributed by atoms with Gasteiger partial charge in [-0.2, -0.15) is 0 Å². The number of epoxide rings is 1. The van der Waals surface area contributed by atoms with Crippen LogP contribution in [0, 0.1) is 0 Å². The zero-order valence-electron chi connectivity index (χ0n) is 16.4. The van der Waals surface area contributed by atoms with E-state index in [4.69, 9.17) is 9.84 Å². The van der Waals surface area contributed by atoms with E-state index in [0.717, 1.165) is 32.1 Å². The number of hydrogen-bond acceptors (Lipinski definition) is 3. The Bertz CT molecular complexity index is 443. The molecule has 2 N–H and O–H groups in total. The smallest absolute Gasteiger partial charge is 0.220 e. The molecule has 0 radical (unpaired) electrons. The van der Waals surface area contributed by atoms with E-state index < -0.39 is 0 Å². The molecule has 0 aromatic rings. The van der Waals surface area contributed by atoms with Crippen molar-refractivity contribution in [1.29, 1.82) is 0 Å². The second-order valence-electron chi connectivity index (χ2n) is 6.80. The summed E-state index contributed by atoms with van der Waals surface area (Å²) >= 11 is 0. The lowest BCUT2D eigenvalue weighted by atomic mass is 10.1. The second-order valence-corrected chi connectivity index (χ2v) is 6.80. The van der Waals surface area contributed by atoms with Crippen LogP contribution in [0.1, 0.15) is 71.1 Å². The van der Waals surface area contributed by atoms with Crippen LogP contribution in [-0.2, 0) is 9.53 Å². The summed E-state index contributed by atoms with van der Waals surface area (Å²) < 4.78 is 5.68. The average molecular weight is 364 g/mol. The molecular formula is C22H37NO3. The molecule has 0 spiro atoms. The van der Waals surface area contributed by atoms with Crippen LogP contribution in [0.15, 0.2) is 36.5 Å². The molecule has 1 rings (SSSR count). The van der Waals surface area contributed by atoms with Crippen LogP contribution in [0.4, 0.5) is 0 Å². The molecule has 1 aliphatic rings. The number of carbonyl (C=O) groups is 1. The van der Waals surface area contributed by atoms with Gasteiger partial charge in [-0.05, 0) is 44.9 Å². The summed E-state index contributed by atoms with van der Waals surface area (Å²) in [4.78, 5) is 11.3. The van der Waals surface area contributed by atoms with Crippen LogP contribution >= 0.6 is 0 Å². The molecule has 0 bridgehead atoms. The monoisotopic (exact) mass is 363 g/mol. The third-order valence-corrected chi connectivity index (χ3v) is 4.38.